The molecule has 1 aliphatic heterocycles. The lowest BCUT2D eigenvalue weighted by molar-refractivity contribution is -0.118. The van der Waals surface area contributed by atoms with E-state index in [-0.39, 0.29) is 11.9 Å². The standard InChI is InChI=1S/C15H23N3O/c1-11-10-12(18(2)3)7-8-13(11)17-15(19)14-6-4-5-9-16-14/h7-8,10,14,16H,4-6,9H2,1-3H3,(H,17,19). The quantitative estimate of drug-likeness (QED) is 0.876. The average molecular weight is 261 g/mol. The molecule has 19 heavy (non-hydrogen) atoms. The number of benzene rings is 1. The first-order valence-electron chi connectivity index (χ1n) is 6.90. The van der Waals surface area contributed by atoms with Gasteiger partial charge in [-0.05, 0) is 50.1 Å². The van der Waals surface area contributed by atoms with Crippen LogP contribution < -0.4 is 15.5 Å². The van der Waals surface area contributed by atoms with Gasteiger partial charge in [0.25, 0.3) is 0 Å². The Kier molecular flexibility index (Phi) is 4.43. The van der Waals surface area contributed by atoms with Crippen LogP contribution >= 0.6 is 0 Å². The maximum atomic E-state index is 12.2. The molecule has 1 aromatic rings. The number of aryl methyl sites for hydroxylation is 1. The average Bonchev–Trinajstić information content (AvgIpc) is 2.41. The first-order chi connectivity index (χ1) is 9.08. The van der Waals surface area contributed by atoms with Crippen molar-refractivity contribution in [2.24, 2.45) is 0 Å². The molecule has 1 aromatic carbocycles. The molecule has 2 N–H and O–H groups in total. The lowest BCUT2D eigenvalue weighted by atomic mass is 10.0. The van der Waals surface area contributed by atoms with Crippen LogP contribution in [0.5, 0.6) is 0 Å². The minimum atomic E-state index is -0.0401. The third kappa shape index (κ3) is 3.47. The van der Waals surface area contributed by atoms with Gasteiger partial charge in [-0.1, -0.05) is 6.42 Å². The van der Waals surface area contributed by atoms with E-state index in [0.29, 0.717) is 0 Å². The number of rotatable bonds is 3. The van der Waals surface area contributed by atoms with Crippen LogP contribution in [0.15, 0.2) is 18.2 Å². The first-order valence-corrected chi connectivity index (χ1v) is 6.90. The number of hydrogen-bond acceptors (Lipinski definition) is 3. The second-order valence-corrected chi connectivity index (χ2v) is 5.39. The Balaban J connectivity index is 2.04. The van der Waals surface area contributed by atoms with Gasteiger partial charge in [-0.25, -0.2) is 0 Å². The number of piperidine rings is 1. The number of nitrogens with zero attached hydrogens (tertiary/aromatic N) is 1. The number of anilines is 2. The highest BCUT2D eigenvalue weighted by Gasteiger charge is 2.20. The number of amides is 1. The molecule has 2 rings (SSSR count). The van der Waals surface area contributed by atoms with Crippen molar-refractivity contribution in [3.63, 3.8) is 0 Å². The fourth-order valence-electron chi connectivity index (χ4n) is 2.36. The van der Waals surface area contributed by atoms with Crippen LogP contribution in [0.25, 0.3) is 0 Å². The summed E-state index contributed by atoms with van der Waals surface area (Å²) in [6.07, 6.45) is 3.23. The summed E-state index contributed by atoms with van der Waals surface area (Å²) in [7, 11) is 4.03. The van der Waals surface area contributed by atoms with Gasteiger partial charge >= 0.3 is 0 Å². The molecule has 1 saturated heterocycles. The normalized spacial score (nSPS) is 19.0. The summed E-state index contributed by atoms with van der Waals surface area (Å²) in [5.41, 5.74) is 3.14. The molecule has 1 atom stereocenters. The van der Waals surface area contributed by atoms with Gasteiger partial charge in [0.15, 0.2) is 0 Å². The number of nitrogens with one attached hydrogen (secondary N) is 2. The van der Waals surface area contributed by atoms with E-state index in [2.05, 4.69) is 21.6 Å². The van der Waals surface area contributed by atoms with E-state index in [1.54, 1.807) is 0 Å². The third-order valence-electron chi connectivity index (χ3n) is 3.61. The fourth-order valence-corrected chi connectivity index (χ4v) is 2.36. The van der Waals surface area contributed by atoms with Gasteiger partial charge in [0, 0.05) is 25.5 Å². The van der Waals surface area contributed by atoms with E-state index in [1.165, 1.54) is 6.42 Å². The molecule has 4 heteroatoms. The van der Waals surface area contributed by atoms with E-state index in [4.69, 9.17) is 0 Å². The Morgan fingerprint density at radius 2 is 2.16 bits per heavy atom. The van der Waals surface area contributed by atoms with Crippen molar-refractivity contribution in [2.75, 3.05) is 30.9 Å². The zero-order valence-corrected chi connectivity index (χ0v) is 12.0. The molecule has 0 spiro atoms. The molecule has 1 unspecified atom stereocenters. The summed E-state index contributed by atoms with van der Waals surface area (Å²) >= 11 is 0. The molecule has 0 aromatic heterocycles. The smallest absolute Gasteiger partial charge is 0.241 e. The molecule has 1 amide bonds. The zero-order chi connectivity index (χ0) is 13.8. The van der Waals surface area contributed by atoms with Gasteiger partial charge in [-0.15, -0.1) is 0 Å². The van der Waals surface area contributed by atoms with E-state index in [1.807, 2.05) is 33.2 Å². The van der Waals surface area contributed by atoms with Gasteiger partial charge in [-0.3, -0.25) is 4.79 Å². The molecule has 104 valence electrons. The molecule has 0 radical (unpaired) electrons. The molecule has 4 nitrogen and oxygen atoms in total. The van der Waals surface area contributed by atoms with Gasteiger partial charge < -0.3 is 15.5 Å². The molecule has 0 bridgehead atoms. The van der Waals surface area contributed by atoms with Gasteiger partial charge in [-0.2, -0.15) is 0 Å². The monoisotopic (exact) mass is 261 g/mol. The van der Waals surface area contributed by atoms with Crippen molar-refractivity contribution in [3.8, 4) is 0 Å². The molecule has 0 aliphatic carbocycles. The van der Waals surface area contributed by atoms with Gasteiger partial charge in [0.2, 0.25) is 5.91 Å². The van der Waals surface area contributed by atoms with E-state index < -0.39 is 0 Å². The zero-order valence-electron chi connectivity index (χ0n) is 12.0. The topological polar surface area (TPSA) is 44.4 Å². The highest BCUT2D eigenvalue weighted by atomic mass is 16.2. The van der Waals surface area contributed by atoms with E-state index in [0.717, 1.165) is 36.3 Å². The first kappa shape index (κ1) is 13.9. The molecule has 1 heterocycles. The van der Waals surface area contributed by atoms with Crippen molar-refractivity contribution in [1.82, 2.24) is 5.32 Å². The predicted molar refractivity (Wildman–Crippen MR) is 79.8 cm³/mol. The number of carbonyl (C=O) groups is 1. The Labute approximate surface area is 115 Å². The van der Waals surface area contributed by atoms with E-state index >= 15 is 0 Å². The van der Waals surface area contributed by atoms with E-state index in [9.17, 15) is 4.79 Å². The Hall–Kier alpha value is -1.55. The van der Waals surface area contributed by atoms with Crippen molar-refractivity contribution < 1.29 is 4.79 Å². The molecule has 1 aliphatic rings. The number of carbonyl (C=O) groups excluding carboxylic acids is 1. The van der Waals surface area contributed by atoms with Crippen molar-refractivity contribution in [1.29, 1.82) is 0 Å². The minimum absolute atomic E-state index is 0.0401. The third-order valence-corrected chi connectivity index (χ3v) is 3.61. The SMILES string of the molecule is Cc1cc(N(C)C)ccc1NC(=O)C1CCCCN1. The summed E-state index contributed by atoms with van der Waals surface area (Å²) in [5.74, 6) is 0.0837. The second-order valence-electron chi connectivity index (χ2n) is 5.39. The second kappa shape index (κ2) is 6.06. The maximum absolute atomic E-state index is 12.2. The van der Waals surface area contributed by atoms with Crippen LogP contribution in [0, 0.1) is 6.92 Å². The fraction of sp³-hybridized carbons (Fsp3) is 0.533. The molecular formula is C15H23N3O. The molecule has 0 saturated carbocycles. The molecular weight excluding hydrogens is 238 g/mol. The van der Waals surface area contributed by atoms with Crippen molar-refractivity contribution in [3.05, 3.63) is 23.8 Å². The highest BCUT2D eigenvalue weighted by Crippen LogP contribution is 2.22. The Bertz CT molecular complexity index is 451. The van der Waals surface area contributed by atoms with Crippen molar-refractivity contribution in [2.45, 2.75) is 32.2 Å². The van der Waals surface area contributed by atoms with Crippen LogP contribution in [0.2, 0.25) is 0 Å². The highest BCUT2D eigenvalue weighted by molar-refractivity contribution is 5.95. The summed E-state index contributed by atoms with van der Waals surface area (Å²) < 4.78 is 0. The van der Waals surface area contributed by atoms with Gasteiger partial charge in [0.05, 0.1) is 6.04 Å². The summed E-state index contributed by atoms with van der Waals surface area (Å²) in [5, 5.41) is 6.29. The minimum Gasteiger partial charge on any atom is -0.378 e. The van der Waals surface area contributed by atoms with Crippen LogP contribution in [0.4, 0.5) is 11.4 Å². The van der Waals surface area contributed by atoms with Crippen LogP contribution in [0.1, 0.15) is 24.8 Å². The predicted octanol–water partition coefficient (Wildman–Crippen LogP) is 2.14. The number of hydrogen-bond donors (Lipinski definition) is 2. The summed E-state index contributed by atoms with van der Waals surface area (Å²) in [6, 6.07) is 6.05. The van der Waals surface area contributed by atoms with Crippen LogP contribution in [-0.2, 0) is 4.79 Å². The van der Waals surface area contributed by atoms with Gasteiger partial charge in [0.1, 0.15) is 0 Å². The van der Waals surface area contributed by atoms with Crippen LogP contribution in [-0.4, -0.2) is 32.6 Å². The Morgan fingerprint density at radius 3 is 2.74 bits per heavy atom. The summed E-state index contributed by atoms with van der Waals surface area (Å²) in [4.78, 5) is 14.2. The lowest BCUT2D eigenvalue weighted by Crippen LogP contribution is -2.43. The summed E-state index contributed by atoms with van der Waals surface area (Å²) in [6.45, 7) is 2.97. The maximum Gasteiger partial charge on any atom is 0.241 e. The van der Waals surface area contributed by atoms with Crippen molar-refractivity contribution >= 4 is 17.3 Å². The van der Waals surface area contributed by atoms with Crippen LogP contribution in [0.3, 0.4) is 0 Å². The molecule has 1 fully saturated rings. The largest absolute Gasteiger partial charge is 0.378 e. The Morgan fingerprint density at radius 1 is 1.37 bits per heavy atom. The lowest BCUT2D eigenvalue weighted by Gasteiger charge is -2.23.